The van der Waals surface area contributed by atoms with Crippen LogP contribution in [0.5, 0.6) is 0 Å². The van der Waals surface area contributed by atoms with Crippen LogP contribution in [0.15, 0.2) is 224 Å². The van der Waals surface area contributed by atoms with Crippen LogP contribution in [0.3, 0.4) is 0 Å². The second-order valence-electron chi connectivity index (χ2n) is 17.2. The first kappa shape index (κ1) is 34.7. The van der Waals surface area contributed by atoms with Crippen LogP contribution >= 0.6 is 0 Å². The molecule has 0 bridgehead atoms. The van der Waals surface area contributed by atoms with Crippen molar-refractivity contribution >= 4 is 130 Å². The van der Waals surface area contributed by atoms with E-state index >= 15 is 0 Å². The monoisotopic (exact) mass is 797 g/mol. The van der Waals surface area contributed by atoms with Gasteiger partial charge in [0.05, 0.1) is 34.1 Å². The average Bonchev–Trinajstić information content (AvgIpc) is 3.35. The third-order valence-corrected chi connectivity index (χ3v) is 14.0. The van der Waals surface area contributed by atoms with Gasteiger partial charge >= 0.3 is 0 Å². The van der Waals surface area contributed by atoms with Gasteiger partial charge in [-0.3, -0.25) is 0 Å². The minimum Gasteiger partial charge on any atom is -0.309 e. The maximum absolute atomic E-state index is 2.59. The van der Waals surface area contributed by atoms with Gasteiger partial charge in [0.2, 0.25) is 13.4 Å². The van der Waals surface area contributed by atoms with Gasteiger partial charge in [-0.2, -0.15) is 0 Å². The second-order valence-corrected chi connectivity index (χ2v) is 17.2. The summed E-state index contributed by atoms with van der Waals surface area (Å²) in [6.45, 7) is 0.0246. The summed E-state index contributed by atoms with van der Waals surface area (Å²) in [4.78, 5) is 7.71. The number of benzene rings is 11. The van der Waals surface area contributed by atoms with Gasteiger partial charge in [0.25, 0.3) is 0 Å². The van der Waals surface area contributed by atoms with Gasteiger partial charge in [-0.15, -0.1) is 0 Å². The molecular weight excluding hydrogens is 760 g/mol. The number of nitrogens with zero attached hydrogens (tertiary/aromatic N) is 3. The SMILES string of the molecule is c1ccc(B2c3ccccc3B3c4ccccc4N(c4ccccc4)c4c3c2cc2c4N(c3ccccc3)c3ccccc3N2c2ccc3ccc4cccc5ccc2c3c45)cc1. The molecule has 0 spiro atoms. The summed E-state index contributed by atoms with van der Waals surface area (Å²) in [5.74, 6) is 0. The normalized spacial score (nSPS) is 13.6. The lowest BCUT2D eigenvalue weighted by atomic mass is 9.20. The van der Waals surface area contributed by atoms with Gasteiger partial charge < -0.3 is 14.7 Å². The third-order valence-electron chi connectivity index (χ3n) is 14.0. The first-order chi connectivity index (χ1) is 31.3. The molecule has 11 aromatic carbocycles. The summed E-state index contributed by atoms with van der Waals surface area (Å²) < 4.78 is 0. The highest BCUT2D eigenvalue weighted by Gasteiger charge is 2.48. The van der Waals surface area contributed by atoms with Gasteiger partial charge in [0.15, 0.2) is 0 Å². The molecule has 14 rings (SSSR count). The highest BCUT2D eigenvalue weighted by Crippen LogP contribution is 2.59. The number of fused-ring (bicyclic) bond motifs is 7. The molecule has 0 fully saturated rings. The molecule has 3 aliphatic rings. The van der Waals surface area contributed by atoms with E-state index in [4.69, 9.17) is 0 Å². The van der Waals surface area contributed by atoms with Gasteiger partial charge in [-0.1, -0.05) is 192 Å². The molecule has 11 aromatic rings. The van der Waals surface area contributed by atoms with Crippen molar-refractivity contribution < 1.29 is 0 Å². The van der Waals surface area contributed by atoms with E-state index in [-0.39, 0.29) is 13.4 Å². The Morgan fingerprint density at radius 2 is 0.794 bits per heavy atom. The summed E-state index contributed by atoms with van der Waals surface area (Å²) in [6, 6.07) is 83.8. The van der Waals surface area contributed by atoms with E-state index < -0.39 is 0 Å². The number of para-hydroxylation sites is 5. The quantitative estimate of drug-likeness (QED) is 0.130. The van der Waals surface area contributed by atoms with Crippen molar-refractivity contribution in [3.05, 3.63) is 224 Å². The number of hydrogen-bond acceptors (Lipinski definition) is 3. The molecule has 3 heterocycles. The van der Waals surface area contributed by atoms with Crippen LogP contribution < -0.4 is 47.5 Å². The molecule has 290 valence electrons. The molecular formula is C58H37B2N3. The van der Waals surface area contributed by atoms with Crippen molar-refractivity contribution in [3.63, 3.8) is 0 Å². The van der Waals surface area contributed by atoms with Crippen molar-refractivity contribution in [2.24, 2.45) is 0 Å². The lowest BCUT2D eigenvalue weighted by molar-refractivity contribution is 1.16. The van der Waals surface area contributed by atoms with Crippen molar-refractivity contribution in [1.29, 1.82) is 0 Å². The van der Waals surface area contributed by atoms with E-state index in [1.807, 2.05) is 0 Å². The van der Waals surface area contributed by atoms with Crippen LogP contribution in [-0.2, 0) is 0 Å². The highest BCUT2D eigenvalue weighted by atomic mass is 15.3. The zero-order valence-corrected chi connectivity index (χ0v) is 34.4. The summed E-state index contributed by atoms with van der Waals surface area (Å²) in [5.41, 5.74) is 18.5. The average molecular weight is 798 g/mol. The summed E-state index contributed by atoms with van der Waals surface area (Å²) in [7, 11) is 0. The minimum absolute atomic E-state index is 0.00568. The van der Waals surface area contributed by atoms with Crippen LogP contribution in [0.4, 0.5) is 51.2 Å². The number of anilines is 9. The molecule has 3 nitrogen and oxygen atoms in total. The molecule has 5 heteroatoms. The fourth-order valence-corrected chi connectivity index (χ4v) is 11.5. The maximum Gasteiger partial charge on any atom is 0.245 e. The van der Waals surface area contributed by atoms with Crippen LogP contribution in [0.1, 0.15) is 0 Å². The fourth-order valence-electron chi connectivity index (χ4n) is 11.5. The van der Waals surface area contributed by atoms with Crippen LogP contribution in [0.25, 0.3) is 32.3 Å². The van der Waals surface area contributed by atoms with Gasteiger partial charge in [-0.25, -0.2) is 0 Å². The predicted molar refractivity (Wildman–Crippen MR) is 270 cm³/mol. The van der Waals surface area contributed by atoms with Crippen molar-refractivity contribution in [2.45, 2.75) is 0 Å². The Bertz CT molecular complexity index is 3580. The standard InChI is InChI=1S/C58H37B2N3/c1-4-19-41(20-5-1)59-45-25-10-11-26-46(45)60-47-27-12-13-28-50(47)61(42-21-6-2-7-22-42)58-56(60)48(59)37-53-57(58)62(43-23-8-3-9-24-43)51-29-14-15-30-52(51)63(53)49-36-34-40-32-31-38-17-16-18-39-33-35-44(49)55(40)54(38)39/h1-37H. The topological polar surface area (TPSA) is 9.72 Å². The molecule has 0 radical (unpaired) electrons. The molecule has 0 aromatic heterocycles. The van der Waals surface area contributed by atoms with Crippen molar-refractivity contribution in [1.82, 2.24) is 0 Å². The third kappa shape index (κ3) is 4.82. The Morgan fingerprint density at radius 3 is 1.48 bits per heavy atom. The molecule has 0 aliphatic carbocycles. The fraction of sp³-hybridized carbons (Fsp3) is 0. The lowest BCUT2D eigenvalue weighted by Gasteiger charge is -2.48. The summed E-state index contributed by atoms with van der Waals surface area (Å²) in [6.07, 6.45) is 0. The van der Waals surface area contributed by atoms with Gasteiger partial charge in [0, 0.05) is 22.4 Å². The zero-order chi connectivity index (χ0) is 41.2. The number of rotatable bonds is 4. The number of hydrogen-bond donors (Lipinski definition) is 0. The first-order valence-corrected chi connectivity index (χ1v) is 22.0. The minimum atomic E-state index is 0.00568. The first-order valence-electron chi connectivity index (χ1n) is 22.0. The van der Waals surface area contributed by atoms with E-state index in [1.165, 1.54) is 87.8 Å². The van der Waals surface area contributed by atoms with E-state index in [9.17, 15) is 0 Å². The Balaban J connectivity index is 1.19. The summed E-state index contributed by atoms with van der Waals surface area (Å²) in [5, 5.41) is 7.66. The van der Waals surface area contributed by atoms with Crippen LogP contribution in [-0.4, -0.2) is 13.4 Å². The molecule has 63 heavy (non-hydrogen) atoms. The van der Waals surface area contributed by atoms with E-state index in [2.05, 4.69) is 239 Å². The lowest BCUT2D eigenvalue weighted by Crippen LogP contribution is -2.76. The second kappa shape index (κ2) is 13.2. The Hall–Kier alpha value is -8.01. The molecule has 3 aliphatic heterocycles. The van der Waals surface area contributed by atoms with Crippen molar-refractivity contribution in [2.75, 3.05) is 14.7 Å². The largest absolute Gasteiger partial charge is 0.309 e. The Labute approximate surface area is 367 Å². The van der Waals surface area contributed by atoms with Gasteiger partial charge in [-0.05, 0) is 92.5 Å². The Morgan fingerprint density at radius 1 is 0.286 bits per heavy atom. The van der Waals surface area contributed by atoms with Crippen LogP contribution in [0, 0.1) is 0 Å². The predicted octanol–water partition coefficient (Wildman–Crippen LogP) is 11.0. The van der Waals surface area contributed by atoms with E-state index in [0.29, 0.717) is 0 Å². The maximum atomic E-state index is 2.59. The summed E-state index contributed by atoms with van der Waals surface area (Å²) >= 11 is 0. The molecule has 0 N–H and O–H groups in total. The zero-order valence-electron chi connectivity index (χ0n) is 34.4. The molecule has 0 saturated carbocycles. The van der Waals surface area contributed by atoms with Gasteiger partial charge in [0.1, 0.15) is 0 Å². The molecule has 0 atom stereocenters. The Kier molecular flexibility index (Phi) is 7.29. The van der Waals surface area contributed by atoms with E-state index in [1.54, 1.807) is 0 Å². The van der Waals surface area contributed by atoms with Crippen LogP contribution in [0.2, 0.25) is 0 Å². The smallest absolute Gasteiger partial charge is 0.245 e. The highest BCUT2D eigenvalue weighted by molar-refractivity contribution is 7.12. The molecule has 0 saturated heterocycles. The van der Waals surface area contributed by atoms with E-state index in [0.717, 1.165) is 28.4 Å². The van der Waals surface area contributed by atoms with Crippen molar-refractivity contribution in [3.8, 4) is 0 Å². The molecule has 0 amide bonds. The molecule has 0 unspecified atom stereocenters.